The molecule has 0 saturated carbocycles. The van der Waals surface area contributed by atoms with Crippen molar-refractivity contribution in [3.63, 3.8) is 0 Å². The van der Waals surface area contributed by atoms with Gasteiger partial charge in [-0.2, -0.15) is 0 Å². The summed E-state index contributed by atoms with van der Waals surface area (Å²) in [5.41, 5.74) is 10.5. The van der Waals surface area contributed by atoms with Gasteiger partial charge < -0.3 is 0 Å². The van der Waals surface area contributed by atoms with Crippen molar-refractivity contribution < 1.29 is 4.79 Å². The van der Waals surface area contributed by atoms with Gasteiger partial charge in [0, 0.05) is 22.4 Å². The third kappa shape index (κ3) is 1.74. The van der Waals surface area contributed by atoms with Crippen LogP contribution in [0.15, 0.2) is 29.7 Å². The van der Waals surface area contributed by atoms with Gasteiger partial charge in [-0.25, -0.2) is 5.01 Å². The highest BCUT2D eigenvalue weighted by Gasteiger charge is 2.06. The molecule has 0 aromatic heterocycles. The number of hydrazine groups is 1. The molecule has 0 aliphatic carbocycles. The Bertz CT molecular complexity index is 262. The van der Waals surface area contributed by atoms with E-state index >= 15 is 0 Å². The van der Waals surface area contributed by atoms with E-state index in [1.807, 2.05) is 0 Å². The van der Waals surface area contributed by atoms with E-state index in [-0.39, 0.29) is 0 Å². The number of allylic oxidation sites excluding steroid dienone is 2. The average Bonchev–Trinajstić information content (AvgIpc) is 2.07. The number of nitrogens with one attached hydrogen (secondary N) is 1. The fourth-order valence-electron chi connectivity index (χ4n) is 0.563. The zero-order valence-electron chi connectivity index (χ0n) is 5.51. The fraction of sp³-hybridized carbons (Fsp3) is 0. The number of urea groups is 1. The lowest BCUT2D eigenvalue weighted by Gasteiger charge is -2.16. The van der Waals surface area contributed by atoms with Crippen LogP contribution in [-0.2, 0) is 0 Å². The third-order valence-electron chi connectivity index (χ3n) is 0.992. The minimum Gasteiger partial charge on any atom is -0.299 e. The molecule has 11 heavy (non-hydrogen) atoms. The summed E-state index contributed by atoms with van der Waals surface area (Å²) in [7, 11) is 0. The average molecular weight is 151 g/mol. The second-order valence-corrected chi connectivity index (χ2v) is 1.67. The molecule has 6 nitrogen and oxygen atoms in total. The lowest BCUT2D eigenvalue weighted by Crippen LogP contribution is -2.33. The van der Waals surface area contributed by atoms with Gasteiger partial charge in [0.05, 0.1) is 0 Å². The first kappa shape index (κ1) is 7.17. The van der Waals surface area contributed by atoms with E-state index in [1.54, 1.807) is 18.4 Å². The van der Waals surface area contributed by atoms with Gasteiger partial charge in [0.1, 0.15) is 0 Å². The van der Waals surface area contributed by atoms with Crippen LogP contribution in [0.2, 0.25) is 0 Å². The Morgan fingerprint density at radius 2 is 2.45 bits per heavy atom. The van der Waals surface area contributed by atoms with Crippen LogP contribution >= 0.6 is 0 Å². The van der Waals surface area contributed by atoms with E-state index < -0.39 is 6.03 Å². The van der Waals surface area contributed by atoms with Crippen LogP contribution < -0.4 is 5.43 Å². The van der Waals surface area contributed by atoms with Crippen LogP contribution in [0.4, 0.5) is 4.79 Å². The van der Waals surface area contributed by atoms with Crippen molar-refractivity contribution in [2.75, 3.05) is 0 Å². The molecule has 0 atom stereocenters. The van der Waals surface area contributed by atoms with Gasteiger partial charge in [-0.05, 0) is 17.7 Å². The molecule has 0 radical (unpaired) electrons. The summed E-state index contributed by atoms with van der Waals surface area (Å²) in [6.45, 7) is 0. The first-order chi connectivity index (χ1) is 5.34. The van der Waals surface area contributed by atoms with Crippen LogP contribution in [0, 0.1) is 0 Å². The van der Waals surface area contributed by atoms with Gasteiger partial charge in [-0.1, -0.05) is 0 Å². The first-order valence-corrected chi connectivity index (χ1v) is 2.82. The van der Waals surface area contributed by atoms with Crippen molar-refractivity contribution in [1.82, 2.24) is 10.4 Å². The van der Waals surface area contributed by atoms with Crippen molar-refractivity contribution in [3.8, 4) is 0 Å². The first-order valence-electron chi connectivity index (χ1n) is 2.82. The van der Waals surface area contributed by atoms with Crippen LogP contribution in [0.5, 0.6) is 0 Å². The smallest absolute Gasteiger partial charge is 0.299 e. The summed E-state index contributed by atoms with van der Waals surface area (Å²) in [5, 5.41) is 3.94. The van der Waals surface area contributed by atoms with Gasteiger partial charge in [-0.15, -0.1) is 0 Å². The highest BCUT2D eigenvalue weighted by Crippen LogP contribution is 1.95. The number of hydrogen-bond acceptors (Lipinski definition) is 2. The molecule has 0 unspecified atom stereocenters. The van der Waals surface area contributed by atoms with Gasteiger partial charge in [0.25, 0.3) is 0 Å². The lowest BCUT2D eigenvalue weighted by atomic mass is 10.5. The molecule has 1 aliphatic rings. The highest BCUT2D eigenvalue weighted by atomic mass is 16.2. The Labute approximate surface area is 62.4 Å². The second-order valence-electron chi connectivity index (χ2n) is 1.67. The van der Waals surface area contributed by atoms with E-state index in [9.17, 15) is 4.79 Å². The monoisotopic (exact) mass is 151 g/mol. The van der Waals surface area contributed by atoms with E-state index in [4.69, 9.17) is 5.53 Å². The van der Waals surface area contributed by atoms with Crippen LogP contribution in [0.3, 0.4) is 0 Å². The minimum atomic E-state index is -0.687. The molecule has 2 amide bonds. The van der Waals surface area contributed by atoms with Crippen molar-refractivity contribution in [3.05, 3.63) is 35.0 Å². The minimum absolute atomic E-state index is 0.687. The van der Waals surface area contributed by atoms with E-state index in [2.05, 4.69) is 15.5 Å². The number of carbonyl (C=O) groups excluding carboxylic acids is 1. The number of rotatable bonds is 0. The quantitative estimate of drug-likeness (QED) is 0.321. The maximum absolute atomic E-state index is 10.8. The number of hydrogen-bond donors (Lipinski definition) is 1. The normalized spacial score (nSPS) is 13.6. The molecule has 0 spiro atoms. The van der Waals surface area contributed by atoms with Crippen LogP contribution in [0.1, 0.15) is 0 Å². The molecular formula is C5H5N5O. The van der Waals surface area contributed by atoms with Crippen LogP contribution in [-0.4, -0.2) is 11.0 Å². The summed E-state index contributed by atoms with van der Waals surface area (Å²) < 4.78 is 0. The molecule has 1 heterocycles. The predicted molar refractivity (Wildman–Crippen MR) is 37.8 cm³/mol. The number of nitrogens with zero attached hydrogens (tertiary/aromatic N) is 4. The topological polar surface area (TPSA) is 81.1 Å². The number of carbonyl (C=O) groups is 1. The molecular weight excluding hydrogens is 146 g/mol. The van der Waals surface area contributed by atoms with E-state index in [0.717, 1.165) is 5.01 Å². The Hall–Kier alpha value is -1.94. The second kappa shape index (κ2) is 3.28. The molecule has 6 heteroatoms. The molecule has 1 aliphatic heterocycles. The van der Waals surface area contributed by atoms with Crippen molar-refractivity contribution in [2.24, 2.45) is 5.11 Å². The summed E-state index contributed by atoms with van der Waals surface area (Å²) in [4.78, 5) is 13.1. The number of azide groups is 1. The van der Waals surface area contributed by atoms with E-state index in [1.165, 1.54) is 6.20 Å². The van der Waals surface area contributed by atoms with Crippen molar-refractivity contribution in [2.45, 2.75) is 0 Å². The van der Waals surface area contributed by atoms with Crippen molar-refractivity contribution >= 4 is 6.03 Å². The van der Waals surface area contributed by atoms with Crippen molar-refractivity contribution in [1.29, 1.82) is 0 Å². The molecule has 56 valence electrons. The molecule has 1 N–H and O–H groups in total. The van der Waals surface area contributed by atoms with Gasteiger partial charge in [0.15, 0.2) is 0 Å². The Balaban J connectivity index is 2.62. The molecule has 0 bridgehead atoms. The lowest BCUT2D eigenvalue weighted by molar-refractivity contribution is 0.214. The van der Waals surface area contributed by atoms with Gasteiger partial charge in [-0.3, -0.25) is 10.2 Å². The molecule has 0 fully saturated rings. The molecule has 0 aromatic carbocycles. The molecule has 0 saturated heterocycles. The Morgan fingerprint density at radius 3 is 3.00 bits per heavy atom. The zero-order valence-corrected chi connectivity index (χ0v) is 5.51. The Kier molecular flexibility index (Phi) is 2.14. The standard InChI is InChI=1S/C5H5N5O/c6-9-8-5(11)10-4-2-1-3-7-10/h1-4,7H. The zero-order chi connectivity index (χ0) is 8.10. The summed E-state index contributed by atoms with van der Waals surface area (Å²) in [6.07, 6.45) is 6.35. The summed E-state index contributed by atoms with van der Waals surface area (Å²) in [6, 6.07) is -0.687. The maximum Gasteiger partial charge on any atom is 0.333 e. The summed E-state index contributed by atoms with van der Waals surface area (Å²) in [5.74, 6) is 0. The summed E-state index contributed by atoms with van der Waals surface area (Å²) >= 11 is 0. The maximum atomic E-state index is 10.8. The van der Waals surface area contributed by atoms with Crippen LogP contribution in [0.25, 0.3) is 10.4 Å². The van der Waals surface area contributed by atoms with E-state index in [0.29, 0.717) is 0 Å². The molecule has 1 rings (SSSR count). The van der Waals surface area contributed by atoms with Gasteiger partial charge in [0.2, 0.25) is 0 Å². The molecule has 0 aromatic rings. The largest absolute Gasteiger partial charge is 0.333 e. The fourth-order valence-corrected chi connectivity index (χ4v) is 0.563. The van der Waals surface area contributed by atoms with Gasteiger partial charge >= 0.3 is 6.03 Å². The predicted octanol–water partition coefficient (Wildman–Crippen LogP) is 1.26. The highest BCUT2D eigenvalue weighted by molar-refractivity contribution is 5.75. The Morgan fingerprint density at radius 1 is 1.64 bits per heavy atom. The third-order valence-corrected chi connectivity index (χ3v) is 0.992. The SMILES string of the molecule is [N-]=[N+]=NC(=O)N1C=CC=CN1. The number of amides is 2.